The fraction of sp³-hybridized carbons (Fsp3) is 0.600. The Labute approximate surface area is 199 Å². The summed E-state index contributed by atoms with van der Waals surface area (Å²) in [6.45, 7) is 4.36. The van der Waals surface area contributed by atoms with Crippen LogP contribution in [0, 0.1) is 11.3 Å². The molecule has 0 unspecified atom stereocenters. The van der Waals surface area contributed by atoms with Gasteiger partial charge in [-0.15, -0.1) is 0 Å². The highest BCUT2D eigenvalue weighted by atomic mass is 16.5. The summed E-state index contributed by atoms with van der Waals surface area (Å²) in [6, 6.07) is 6.88. The van der Waals surface area contributed by atoms with E-state index in [0.29, 0.717) is 23.2 Å². The van der Waals surface area contributed by atoms with Crippen molar-refractivity contribution in [1.82, 2.24) is 20.0 Å². The standard InChI is InChI=1S/C25H33N5O4/c1-25(2)11-15(10-16(12-25)34-3)27-24(33)20-9-14-8-19(14)30(20)21(31)13-29-18-7-5-4-6-17(18)22(28-29)23(26)32/h4-7,14-16,19-20H,8-13H2,1-3H3,(H2,26,32)(H,27,33)/t14-,15-,16-,19-,20+/m1/s1. The highest BCUT2D eigenvalue weighted by Gasteiger charge is 2.56. The quantitative estimate of drug-likeness (QED) is 0.672. The van der Waals surface area contributed by atoms with Gasteiger partial charge < -0.3 is 20.7 Å². The predicted octanol–water partition coefficient (Wildman–Crippen LogP) is 1.83. The summed E-state index contributed by atoms with van der Waals surface area (Å²) >= 11 is 0. The molecule has 2 saturated carbocycles. The van der Waals surface area contributed by atoms with Gasteiger partial charge >= 0.3 is 0 Å². The summed E-state index contributed by atoms with van der Waals surface area (Å²) in [6.07, 6.45) is 4.40. The molecule has 182 valence electrons. The van der Waals surface area contributed by atoms with Crippen LogP contribution >= 0.6 is 0 Å². The van der Waals surface area contributed by atoms with Crippen molar-refractivity contribution in [2.45, 2.75) is 76.7 Å². The van der Waals surface area contributed by atoms with Crippen molar-refractivity contribution in [2.75, 3.05) is 7.11 Å². The van der Waals surface area contributed by atoms with Crippen molar-refractivity contribution >= 4 is 28.6 Å². The highest BCUT2D eigenvalue weighted by Crippen LogP contribution is 2.48. The second-order valence-electron chi connectivity index (χ2n) is 10.9. The number of aromatic nitrogens is 2. The number of ether oxygens (including phenoxy) is 1. The van der Waals surface area contributed by atoms with Crippen LogP contribution in [0.3, 0.4) is 0 Å². The number of likely N-dealkylation sites (tertiary alicyclic amines) is 1. The number of hydrogen-bond donors (Lipinski definition) is 2. The molecule has 1 aromatic heterocycles. The Morgan fingerprint density at radius 2 is 1.94 bits per heavy atom. The number of nitrogens with zero attached hydrogens (tertiary/aromatic N) is 3. The number of hydrogen-bond acceptors (Lipinski definition) is 5. The number of nitrogens with one attached hydrogen (secondary N) is 1. The van der Waals surface area contributed by atoms with E-state index >= 15 is 0 Å². The molecular formula is C25H33N5O4. The zero-order valence-corrected chi connectivity index (χ0v) is 20.0. The number of carbonyl (C=O) groups is 3. The SMILES string of the molecule is CO[C@@H]1C[C@@H](NC(=O)[C@@H]2C[C@H]3C[C@H]3N2C(=O)Cn2nc(C(N)=O)c3ccccc32)CC(C)(C)C1. The maximum Gasteiger partial charge on any atom is 0.269 e. The van der Waals surface area contributed by atoms with E-state index in [9.17, 15) is 14.4 Å². The topological polar surface area (TPSA) is 120 Å². The molecule has 2 aromatic rings. The number of carbonyl (C=O) groups excluding carboxylic acids is 3. The van der Waals surface area contributed by atoms with E-state index in [2.05, 4.69) is 24.3 Å². The normalized spacial score (nSPS) is 29.6. The Morgan fingerprint density at radius 1 is 1.18 bits per heavy atom. The molecule has 5 atom stereocenters. The Morgan fingerprint density at radius 3 is 2.68 bits per heavy atom. The van der Waals surface area contributed by atoms with Gasteiger partial charge in [0.2, 0.25) is 11.8 Å². The van der Waals surface area contributed by atoms with Crippen LogP contribution in [0.15, 0.2) is 24.3 Å². The number of methoxy groups -OCH3 is 1. The maximum absolute atomic E-state index is 13.4. The maximum atomic E-state index is 13.4. The smallest absolute Gasteiger partial charge is 0.269 e. The molecule has 1 saturated heterocycles. The molecule has 3 aliphatic rings. The van der Waals surface area contributed by atoms with E-state index in [1.54, 1.807) is 24.1 Å². The molecule has 3 N–H and O–H groups in total. The van der Waals surface area contributed by atoms with Crippen LogP contribution in [0.1, 0.15) is 56.4 Å². The lowest BCUT2D eigenvalue weighted by Gasteiger charge is -2.40. The summed E-state index contributed by atoms with van der Waals surface area (Å²) in [7, 11) is 1.72. The van der Waals surface area contributed by atoms with Crippen molar-refractivity contribution in [1.29, 1.82) is 0 Å². The minimum Gasteiger partial charge on any atom is -0.381 e. The van der Waals surface area contributed by atoms with Gasteiger partial charge in [-0.1, -0.05) is 32.0 Å². The second-order valence-corrected chi connectivity index (χ2v) is 10.9. The molecule has 0 spiro atoms. The third kappa shape index (κ3) is 4.17. The Bertz CT molecular complexity index is 1140. The first-order chi connectivity index (χ1) is 16.2. The lowest BCUT2D eigenvalue weighted by molar-refractivity contribution is -0.141. The van der Waals surface area contributed by atoms with Gasteiger partial charge in [-0.05, 0) is 49.5 Å². The monoisotopic (exact) mass is 467 g/mol. The summed E-state index contributed by atoms with van der Waals surface area (Å²) in [5, 5.41) is 8.16. The van der Waals surface area contributed by atoms with Crippen molar-refractivity contribution in [3.63, 3.8) is 0 Å². The summed E-state index contributed by atoms with van der Waals surface area (Å²) in [4.78, 5) is 40.4. The molecule has 34 heavy (non-hydrogen) atoms. The minimum atomic E-state index is -0.632. The predicted molar refractivity (Wildman–Crippen MR) is 126 cm³/mol. The Balaban J connectivity index is 1.32. The summed E-state index contributed by atoms with van der Waals surface area (Å²) in [5.74, 6) is -0.493. The molecule has 0 bridgehead atoms. The van der Waals surface area contributed by atoms with E-state index < -0.39 is 11.9 Å². The first-order valence-electron chi connectivity index (χ1n) is 12.1. The average molecular weight is 468 g/mol. The molecule has 2 aliphatic carbocycles. The van der Waals surface area contributed by atoms with Gasteiger partial charge in [0.25, 0.3) is 5.91 Å². The summed E-state index contributed by atoms with van der Waals surface area (Å²) in [5.41, 5.74) is 6.40. The van der Waals surface area contributed by atoms with Gasteiger partial charge in [-0.3, -0.25) is 19.1 Å². The van der Waals surface area contributed by atoms with Crippen LogP contribution in [0.4, 0.5) is 0 Å². The third-order valence-electron chi connectivity index (χ3n) is 7.68. The van der Waals surface area contributed by atoms with Crippen molar-refractivity contribution in [3.05, 3.63) is 30.0 Å². The number of primary amides is 1. The van der Waals surface area contributed by atoms with Crippen LogP contribution in [0.25, 0.3) is 10.9 Å². The van der Waals surface area contributed by atoms with Crippen molar-refractivity contribution < 1.29 is 19.1 Å². The molecule has 2 heterocycles. The number of para-hydroxylation sites is 1. The molecule has 3 amide bonds. The van der Waals surface area contributed by atoms with Gasteiger partial charge in [0.15, 0.2) is 5.69 Å². The first-order valence-corrected chi connectivity index (χ1v) is 12.1. The van der Waals surface area contributed by atoms with Crippen molar-refractivity contribution in [2.24, 2.45) is 17.1 Å². The van der Waals surface area contributed by atoms with Crippen LogP contribution in [0.2, 0.25) is 0 Å². The van der Waals surface area contributed by atoms with Gasteiger partial charge in [-0.2, -0.15) is 5.10 Å². The molecule has 5 rings (SSSR count). The van der Waals surface area contributed by atoms with Gasteiger partial charge in [0.1, 0.15) is 12.6 Å². The fourth-order valence-electron chi connectivity index (χ4n) is 6.13. The zero-order valence-electron chi connectivity index (χ0n) is 20.0. The van der Waals surface area contributed by atoms with Gasteiger partial charge in [-0.25, -0.2) is 0 Å². The van der Waals surface area contributed by atoms with Crippen LogP contribution in [-0.2, 0) is 20.9 Å². The zero-order chi connectivity index (χ0) is 24.2. The fourth-order valence-corrected chi connectivity index (χ4v) is 6.13. The Kier molecular flexibility index (Phi) is 5.62. The molecule has 1 aromatic carbocycles. The Hall–Kier alpha value is -2.94. The molecule has 0 radical (unpaired) electrons. The van der Waals surface area contributed by atoms with E-state index in [1.807, 2.05) is 12.1 Å². The number of nitrogens with two attached hydrogens (primary N) is 1. The average Bonchev–Trinajstić information content (AvgIpc) is 3.28. The van der Waals surface area contributed by atoms with Gasteiger partial charge in [0, 0.05) is 24.6 Å². The number of rotatable bonds is 6. The van der Waals surface area contributed by atoms with E-state index in [1.165, 1.54) is 4.68 Å². The molecule has 1 aliphatic heterocycles. The lowest BCUT2D eigenvalue weighted by atomic mass is 9.73. The number of fused-ring (bicyclic) bond motifs is 2. The largest absolute Gasteiger partial charge is 0.381 e. The number of benzene rings is 1. The van der Waals surface area contributed by atoms with E-state index in [-0.39, 0.29) is 47.7 Å². The van der Waals surface area contributed by atoms with Gasteiger partial charge in [0.05, 0.1) is 11.6 Å². The van der Waals surface area contributed by atoms with Crippen molar-refractivity contribution in [3.8, 4) is 0 Å². The van der Waals surface area contributed by atoms with E-state index in [0.717, 1.165) is 25.7 Å². The summed E-state index contributed by atoms with van der Waals surface area (Å²) < 4.78 is 7.13. The van der Waals surface area contributed by atoms with E-state index in [4.69, 9.17) is 10.5 Å². The highest BCUT2D eigenvalue weighted by molar-refractivity contribution is 6.04. The lowest BCUT2D eigenvalue weighted by Crippen LogP contribution is -2.53. The number of piperidine rings is 1. The number of amides is 3. The van der Waals surface area contributed by atoms with Crippen LogP contribution in [-0.4, -0.2) is 63.7 Å². The molecule has 9 heteroatoms. The molecular weight excluding hydrogens is 434 g/mol. The minimum absolute atomic E-state index is 0.0308. The van der Waals surface area contributed by atoms with Crippen LogP contribution < -0.4 is 11.1 Å². The molecule has 9 nitrogen and oxygen atoms in total. The van der Waals surface area contributed by atoms with Crippen LogP contribution in [0.5, 0.6) is 0 Å². The third-order valence-corrected chi connectivity index (χ3v) is 7.68. The molecule has 3 fully saturated rings. The second kappa shape index (κ2) is 8.37. The first kappa shape index (κ1) is 22.8.